The van der Waals surface area contributed by atoms with Crippen LogP contribution in [0.3, 0.4) is 0 Å². The van der Waals surface area contributed by atoms with Crippen LogP contribution in [0.25, 0.3) is 0 Å². The Labute approximate surface area is 72.2 Å². The maximum atomic E-state index is 12.4. The molecule has 0 aromatic heterocycles. The molecule has 0 aliphatic rings. The molecule has 0 atom stereocenters. The fourth-order valence-electron chi connectivity index (χ4n) is 0.605. The highest BCUT2D eigenvalue weighted by Crippen LogP contribution is 2.15. The van der Waals surface area contributed by atoms with Crippen LogP contribution in [0.1, 0.15) is 5.56 Å². The van der Waals surface area contributed by atoms with Crippen molar-refractivity contribution in [3.05, 3.63) is 34.1 Å². The van der Waals surface area contributed by atoms with E-state index in [1.807, 2.05) is 0 Å². The Bertz CT molecular complexity index is 260. The molecule has 1 aromatic rings. The molecule has 0 aliphatic heterocycles. The zero-order valence-corrected chi connectivity index (χ0v) is 7.38. The molecule has 0 nitrogen and oxygen atoms in total. The summed E-state index contributed by atoms with van der Waals surface area (Å²) in [6, 6.07) is 4.40. The maximum absolute atomic E-state index is 12.4. The van der Waals surface area contributed by atoms with Crippen LogP contribution in [0.2, 0.25) is 0 Å². The van der Waals surface area contributed by atoms with Gasteiger partial charge in [0.25, 0.3) is 0 Å². The fraction of sp³-hybridized carbons (Fsp3) is 0. The minimum absolute atomic E-state index is 0.265. The minimum Gasteiger partial charge on any atom is -0.207 e. The van der Waals surface area contributed by atoms with E-state index in [-0.39, 0.29) is 5.82 Å². The largest absolute Gasteiger partial charge is 0.207 e. The normalized spacial score (nSPS) is 9.40. The van der Waals surface area contributed by atoms with Crippen molar-refractivity contribution in [3.8, 4) is 0 Å². The second-order valence-corrected chi connectivity index (χ2v) is 2.87. The van der Waals surface area contributed by atoms with Gasteiger partial charge in [0.15, 0.2) is 0 Å². The van der Waals surface area contributed by atoms with Crippen molar-refractivity contribution in [1.29, 1.82) is 0 Å². The summed E-state index contributed by atoms with van der Waals surface area (Å²) in [5.74, 6) is -0.265. The van der Waals surface area contributed by atoms with Crippen molar-refractivity contribution in [2.45, 2.75) is 0 Å². The summed E-state index contributed by atoms with van der Waals surface area (Å²) in [6.45, 7) is 0. The molecule has 0 heterocycles. The van der Waals surface area contributed by atoms with Gasteiger partial charge in [-0.25, -0.2) is 4.39 Å². The molecule has 0 radical (unpaired) electrons. The Morgan fingerprint density at radius 2 is 2.20 bits per heavy atom. The van der Waals surface area contributed by atoms with Crippen LogP contribution in [0, 0.1) is 5.82 Å². The number of thiocarbonyl (C=S) groups is 1. The number of halogens is 2. The van der Waals surface area contributed by atoms with E-state index in [1.54, 1.807) is 6.07 Å². The van der Waals surface area contributed by atoms with Gasteiger partial charge in [-0.2, -0.15) is 0 Å². The standard InChI is InChI=1S/C7H4BrFS/c8-7-2-1-6(9)3-5(7)4-10/h1-4H. The quantitative estimate of drug-likeness (QED) is 0.654. The number of benzene rings is 1. The first-order chi connectivity index (χ1) is 4.74. The van der Waals surface area contributed by atoms with Gasteiger partial charge in [-0.1, -0.05) is 28.1 Å². The van der Waals surface area contributed by atoms with Crippen molar-refractivity contribution < 1.29 is 4.39 Å². The molecule has 10 heavy (non-hydrogen) atoms. The molecule has 0 aliphatic carbocycles. The lowest BCUT2D eigenvalue weighted by Gasteiger charge is -1.94. The van der Waals surface area contributed by atoms with E-state index < -0.39 is 0 Å². The van der Waals surface area contributed by atoms with E-state index in [1.165, 1.54) is 17.5 Å². The van der Waals surface area contributed by atoms with Gasteiger partial charge in [-0.15, -0.1) is 0 Å². The summed E-state index contributed by atoms with van der Waals surface area (Å²) in [5.41, 5.74) is 0.704. The van der Waals surface area contributed by atoms with Crippen molar-refractivity contribution in [1.82, 2.24) is 0 Å². The van der Waals surface area contributed by atoms with Crippen molar-refractivity contribution in [2.75, 3.05) is 0 Å². The van der Waals surface area contributed by atoms with Gasteiger partial charge in [0.1, 0.15) is 5.82 Å². The van der Waals surface area contributed by atoms with E-state index in [0.717, 1.165) is 4.47 Å². The molecule has 1 rings (SSSR count). The number of rotatable bonds is 1. The average Bonchev–Trinajstić information content (AvgIpc) is 1.94. The van der Waals surface area contributed by atoms with Gasteiger partial charge in [0.05, 0.1) is 0 Å². The summed E-state index contributed by atoms with van der Waals surface area (Å²) in [4.78, 5) is 0. The predicted molar refractivity (Wildman–Crippen MR) is 46.9 cm³/mol. The van der Waals surface area contributed by atoms with Gasteiger partial charge in [0, 0.05) is 15.4 Å². The smallest absolute Gasteiger partial charge is 0.123 e. The predicted octanol–water partition coefficient (Wildman–Crippen LogP) is 2.94. The Morgan fingerprint density at radius 1 is 1.50 bits per heavy atom. The molecule has 1 aromatic carbocycles. The van der Waals surface area contributed by atoms with Crippen LogP contribution in [-0.4, -0.2) is 5.37 Å². The lowest BCUT2D eigenvalue weighted by molar-refractivity contribution is 0.627. The van der Waals surface area contributed by atoms with Crippen molar-refractivity contribution in [2.24, 2.45) is 0 Å². The molecule has 0 N–H and O–H groups in total. The second kappa shape index (κ2) is 3.21. The first-order valence-electron chi connectivity index (χ1n) is 2.64. The number of hydrogen-bond donors (Lipinski definition) is 0. The van der Waals surface area contributed by atoms with Gasteiger partial charge in [-0.3, -0.25) is 0 Å². The zero-order chi connectivity index (χ0) is 7.56. The van der Waals surface area contributed by atoms with E-state index in [9.17, 15) is 4.39 Å². The van der Waals surface area contributed by atoms with Crippen LogP contribution >= 0.6 is 28.1 Å². The molecule has 3 heteroatoms. The molecule has 0 spiro atoms. The summed E-state index contributed by atoms with van der Waals surface area (Å²) in [7, 11) is 0. The molecule has 0 saturated heterocycles. The molecular weight excluding hydrogens is 215 g/mol. The summed E-state index contributed by atoms with van der Waals surface area (Å²) in [6.07, 6.45) is 0. The summed E-state index contributed by atoms with van der Waals surface area (Å²) >= 11 is 7.87. The Morgan fingerprint density at radius 3 is 2.70 bits per heavy atom. The highest BCUT2D eigenvalue weighted by molar-refractivity contribution is 9.10. The molecule has 0 unspecified atom stereocenters. The fourth-order valence-corrected chi connectivity index (χ4v) is 1.31. The van der Waals surface area contributed by atoms with Crippen LogP contribution in [0.15, 0.2) is 22.7 Å². The third-order valence-electron chi connectivity index (χ3n) is 1.09. The molecule has 52 valence electrons. The average molecular weight is 219 g/mol. The van der Waals surface area contributed by atoms with Gasteiger partial charge < -0.3 is 0 Å². The van der Waals surface area contributed by atoms with E-state index in [4.69, 9.17) is 0 Å². The minimum atomic E-state index is -0.265. The maximum Gasteiger partial charge on any atom is 0.123 e. The highest BCUT2D eigenvalue weighted by atomic mass is 79.9. The lowest BCUT2D eigenvalue weighted by Crippen LogP contribution is -1.82. The second-order valence-electron chi connectivity index (χ2n) is 1.78. The van der Waals surface area contributed by atoms with Crippen molar-refractivity contribution >= 4 is 33.5 Å². The summed E-state index contributed by atoms with van der Waals surface area (Å²) in [5, 5.41) is 1.44. The molecule has 0 saturated carbocycles. The first-order valence-corrected chi connectivity index (χ1v) is 3.90. The molecule has 0 bridgehead atoms. The van der Waals surface area contributed by atoms with E-state index in [2.05, 4.69) is 28.1 Å². The Kier molecular flexibility index (Phi) is 2.51. The van der Waals surface area contributed by atoms with Crippen molar-refractivity contribution in [3.63, 3.8) is 0 Å². The van der Waals surface area contributed by atoms with Crippen LogP contribution in [0.5, 0.6) is 0 Å². The SMILES string of the molecule is Fc1ccc(Br)c(C=S)c1. The van der Waals surface area contributed by atoms with Crippen LogP contribution in [-0.2, 0) is 0 Å². The molecule has 0 fully saturated rings. The lowest BCUT2D eigenvalue weighted by atomic mass is 10.2. The summed E-state index contributed by atoms with van der Waals surface area (Å²) < 4.78 is 13.3. The Balaban J connectivity index is 3.21. The Hall–Kier alpha value is -0.280. The highest BCUT2D eigenvalue weighted by Gasteiger charge is 1.96. The van der Waals surface area contributed by atoms with E-state index in [0.29, 0.717) is 5.56 Å². The van der Waals surface area contributed by atoms with Crippen LogP contribution < -0.4 is 0 Å². The molecular formula is C7H4BrFS. The zero-order valence-electron chi connectivity index (χ0n) is 4.97. The van der Waals surface area contributed by atoms with E-state index >= 15 is 0 Å². The number of hydrogen-bond acceptors (Lipinski definition) is 1. The molecule has 0 amide bonds. The third kappa shape index (κ3) is 1.61. The topological polar surface area (TPSA) is 0 Å². The van der Waals surface area contributed by atoms with Gasteiger partial charge >= 0.3 is 0 Å². The third-order valence-corrected chi connectivity index (χ3v) is 2.06. The van der Waals surface area contributed by atoms with Crippen LogP contribution in [0.4, 0.5) is 4.39 Å². The monoisotopic (exact) mass is 218 g/mol. The first kappa shape index (κ1) is 7.82. The van der Waals surface area contributed by atoms with Gasteiger partial charge in [0.2, 0.25) is 0 Å². The van der Waals surface area contributed by atoms with Gasteiger partial charge in [-0.05, 0) is 18.2 Å².